The van der Waals surface area contributed by atoms with Gasteiger partial charge in [-0.25, -0.2) is 0 Å². The molecule has 3 heteroatoms. The van der Waals surface area contributed by atoms with Gasteiger partial charge >= 0.3 is 5.97 Å². The highest BCUT2D eigenvalue weighted by Crippen LogP contribution is 2.59. The fourth-order valence-corrected chi connectivity index (χ4v) is 2.07. The molecule has 0 aromatic rings. The second kappa shape index (κ2) is 4.81. The Balaban J connectivity index is 2.56. The Morgan fingerprint density at radius 3 is 2.56 bits per heavy atom. The average molecular weight is 224 g/mol. The molecule has 1 aliphatic rings. The van der Waals surface area contributed by atoms with Crippen LogP contribution in [0.2, 0.25) is 0 Å². The van der Waals surface area contributed by atoms with Crippen molar-refractivity contribution < 1.29 is 14.3 Å². The van der Waals surface area contributed by atoms with Gasteiger partial charge in [-0.2, -0.15) is 0 Å². The van der Waals surface area contributed by atoms with Crippen LogP contribution in [-0.2, 0) is 14.3 Å². The van der Waals surface area contributed by atoms with Crippen molar-refractivity contribution in [3.05, 3.63) is 12.2 Å². The fourth-order valence-electron chi connectivity index (χ4n) is 2.07. The summed E-state index contributed by atoms with van der Waals surface area (Å²) >= 11 is 0. The van der Waals surface area contributed by atoms with Crippen LogP contribution in [-0.4, -0.2) is 18.4 Å². The van der Waals surface area contributed by atoms with Crippen LogP contribution in [0.3, 0.4) is 0 Å². The summed E-state index contributed by atoms with van der Waals surface area (Å²) in [4.78, 5) is 21.9. The van der Waals surface area contributed by atoms with Crippen molar-refractivity contribution in [3.8, 4) is 0 Å². The first-order chi connectivity index (χ1) is 7.41. The molecule has 3 nitrogen and oxygen atoms in total. The Hall–Kier alpha value is -1.12. The predicted octanol–water partition coefficient (Wildman–Crippen LogP) is 2.36. The zero-order valence-corrected chi connectivity index (χ0v) is 10.4. The minimum absolute atomic E-state index is 0.0364. The van der Waals surface area contributed by atoms with Gasteiger partial charge in [0.1, 0.15) is 6.29 Å². The van der Waals surface area contributed by atoms with Gasteiger partial charge in [-0.05, 0) is 25.2 Å². The first-order valence-corrected chi connectivity index (χ1v) is 5.72. The van der Waals surface area contributed by atoms with Gasteiger partial charge in [-0.3, -0.25) is 4.79 Å². The van der Waals surface area contributed by atoms with Gasteiger partial charge < -0.3 is 9.53 Å². The van der Waals surface area contributed by atoms with Gasteiger partial charge in [0.25, 0.3) is 0 Å². The maximum absolute atomic E-state index is 11.7. The number of carbonyl (C=O) groups is 2. The van der Waals surface area contributed by atoms with Crippen LogP contribution >= 0.6 is 0 Å². The summed E-state index contributed by atoms with van der Waals surface area (Å²) in [5.41, 5.74) is -0.0364. The normalized spacial score (nSPS) is 27.1. The Kier molecular flexibility index (Phi) is 3.89. The van der Waals surface area contributed by atoms with E-state index in [9.17, 15) is 9.59 Å². The van der Waals surface area contributed by atoms with Crippen molar-refractivity contribution in [1.29, 1.82) is 0 Å². The zero-order valence-electron chi connectivity index (χ0n) is 10.4. The number of aldehydes is 1. The highest BCUT2D eigenvalue weighted by atomic mass is 16.5. The Labute approximate surface area is 96.9 Å². The first-order valence-electron chi connectivity index (χ1n) is 5.72. The topological polar surface area (TPSA) is 43.4 Å². The van der Waals surface area contributed by atoms with Crippen molar-refractivity contribution in [2.45, 2.75) is 40.2 Å². The van der Waals surface area contributed by atoms with Crippen LogP contribution in [0, 0.1) is 17.3 Å². The summed E-state index contributed by atoms with van der Waals surface area (Å²) in [6, 6.07) is 0. The summed E-state index contributed by atoms with van der Waals surface area (Å²) in [6.45, 7) is 7.80. The van der Waals surface area contributed by atoms with Crippen LogP contribution in [0.15, 0.2) is 12.2 Å². The summed E-state index contributed by atoms with van der Waals surface area (Å²) in [7, 11) is 0. The summed E-state index contributed by atoms with van der Waals surface area (Å²) in [5, 5.41) is 0. The monoisotopic (exact) mass is 224 g/mol. The van der Waals surface area contributed by atoms with E-state index in [2.05, 4.69) is 13.8 Å². The van der Waals surface area contributed by atoms with Crippen LogP contribution in [0.4, 0.5) is 0 Å². The maximum atomic E-state index is 11.7. The van der Waals surface area contributed by atoms with E-state index in [1.54, 1.807) is 0 Å². The molecule has 0 N–H and O–H groups in total. The molecule has 0 bridgehead atoms. The summed E-state index contributed by atoms with van der Waals surface area (Å²) in [5.74, 6) is 0.0252. The molecule has 0 amide bonds. The second-order valence-electron chi connectivity index (χ2n) is 5.14. The molecule has 0 saturated heterocycles. The molecule has 2 atom stereocenters. The largest absolute Gasteiger partial charge is 0.463 e. The van der Waals surface area contributed by atoms with E-state index in [4.69, 9.17) is 4.74 Å². The molecule has 1 rings (SSSR count). The molecular weight excluding hydrogens is 204 g/mol. The summed E-state index contributed by atoms with van der Waals surface area (Å²) < 4.78 is 5.20. The molecule has 0 aromatic carbocycles. The molecule has 16 heavy (non-hydrogen) atoms. The minimum atomic E-state index is -0.124. The molecule has 1 aliphatic carbocycles. The predicted molar refractivity (Wildman–Crippen MR) is 61.8 cm³/mol. The number of ether oxygens (including phenoxy) is 1. The van der Waals surface area contributed by atoms with Gasteiger partial charge in [0, 0.05) is 6.42 Å². The average Bonchev–Trinajstić information content (AvgIpc) is 2.67. The highest BCUT2D eigenvalue weighted by Gasteiger charge is 2.61. The molecular formula is C13H20O3. The summed E-state index contributed by atoms with van der Waals surface area (Å²) in [6.07, 6.45) is 4.98. The van der Waals surface area contributed by atoms with E-state index in [0.29, 0.717) is 6.42 Å². The molecule has 0 aliphatic heterocycles. The van der Waals surface area contributed by atoms with Crippen molar-refractivity contribution in [3.63, 3.8) is 0 Å². The van der Waals surface area contributed by atoms with Crippen molar-refractivity contribution >= 4 is 12.3 Å². The van der Waals surface area contributed by atoms with Crippen LogP contribution in [0.1, 0.15) is 34.1 Å². The van der Waals surface area contributed by atoms with Crippen molar-refractivity contribution in [2.24, 2.45) is 17.3 Å². The molecule has 90 valence electrons. The van der Waals surface area contributed by atoms with Gasteiger partial charge in [-0.1, -0.05) is 26.0 Å². The van der Waals surface area contributed by atoms with Crippen LogP contribution in [0.25, 0.3) is 0 Å². The Morgan fingerprint density at radius 2 is 2.06 bits per heavy atom. The number of esters is 1. The zero-order chi connectivity index (χ0) is 12.3. The molecule has 2 unspecified atom stereocenters. The lowest BCUT2D eigenvalue weighted by atomic mass is 10.1. The number of allylic oxidation sites excluding steroid dienone is 2. The lowest BCUT2D eigenvalue weighted by Gasteiger charge is -2.08. The Morgan fingerprint density at radius 1 is 1.44 bits per heavy atom. The van der Waals surface area contributed by atoms with Crippen molar-refractivity contribution in [2.75, 3.05) is 0 Å². The minimum Gasteiger partial charge on any atom is -0.463 e. The Bertz CT molecular complexity index is 302. The third kappa shape index (κ3) is 2.71. The van der Waals surface area contributed by atoms with E-state index >= 15 is 0 Å². The smallest absolute Gasteiger partial charge is 0.310 e. The van der Waals surface area contributed by atoms with Crippen LogP contribution in [0.5, 0.6) is 0 Å². The number of hydrogen-bond acceptors (Lipinski definition) is 3. The standard InChI is InChI=1S/C13H20O3/c1-9(2)16-12(15)11-10(13(11,3)4)7-5-6-8-14/h5,7-11H,6H2,1-4H3/b7-5+. The van der Waals surface area contributed by atoms with E-state index in [-0.39, 0.29) is 29.3 Å². The van der Waals surface area contributed by atoms with Gasteiger partial charge in [0.15, 0.2) is 0 Å². The lowest BCUT2D eigenvalue weighted by Crippen LogP contribution is -2.15. The van der Waals surface area contributed by atoms with Crippen LogP contribution < -0.4 is 0 Å². The number of hydrogen-bond donors (Lipinski definition) is 0. The van der Waals surface area contributed by atoms with E-state index in [0.717, 1.165) is 6.29 Å². The molecule has 0 heterocycles. The number of rotatable bonds is 5. The highest BCUT2D eigenvalue weighted by molar-refractivity contribution is 5.78. The first kappa shape index (κ1) is 12.9. The molecule has 0 aromatic heterocycles. The van der Waals surface area contributed by atoms with Gasteiger partial charge in [-0.15, -0.1) is 0 Å². The van der Waals surface area contributed by atoms with Gasteiger partial charge in [0.2, 0.25) is 0 Å². The number of carbonyl (C=O) groups excluding carboxylic acids is 2. The second-order valence-corrected chi connectivity index (χ2v) is 5.14. The third-order valence-corrected chi connectivity index (χ3v) is 3.09. The molecule has 0 radical (unpaired) electrons. The molecule has 1 saturated carbocycles. The fraction of sp³-hybridized carbons (Fsp3) is 0.692. The quantitative estimate of drug-likeness (QED) is 0.409. The SMILES string of the molecule is CC(C)OC(=O)C1C(/C=C/CC=O)C1(C)C. The lowest BCUT2D eigenvalue weighted by molar-refractivity contribution is -0.150. The molecule has 1 fully saturated rings. The van der Waals surface area contributed by atoms with E-state index in [1.165, 1.54) is 0 Å². The van der Waals surface area contributed by atoms with Crippen molar-refractivity contribution in [1.82, 2.24) is 0 Å². The van der Waals surface area contributed by atoms with E-state index < -0.39 is 0 Å². The molecule has 0 spiro atoms. The third-order valence-electron chi connectivity index (χ3n) is 3.09. The maximum Gasteiger partial charge on any atom is 0.310 e. The van der Waals surface area contributed by atoms with Gasteiger partial charge in [0.05, 0.1) is 12.0 Å². The van der Waals surface area contributed by atoms with E-state index in [1.807, 2.05) is 26.0 Å².